The van der Waals surface area contributed by atoms with Gasteiger partial charge in [-0.2, -0.15) is 10.1 Å². The largest absolute Gasteiger partial charge is 0.476 e. The standard InChI is InChI=1S/C19H26N6O3/c1-4-28-24-14-8-5-7-13-17(14)18(23-22-13)19(26)21-15-9-6-10-16(20-15)27-12-11-25(2)3/h6,8-10,24H,4-5,7,11-12H2,1-3H3,(H,22,23)(H,20,21,26). The van der Waals surface area contributed by atoms with E-state index in [-0.39, 0.29) is 5.91 Å². The molecule has 0 aliphatic heterocycles. The second kappa shape index (κ2) is 9.34. The summed E-state index contributed by atoms with van der Waals surface area (Å²) in [6.45, 7) is 3.69. The summed E-state index contributed by atoms with van der Waals surface area (Å²) in [5, 5.41) is 9.95. The number of carbonyl (C=O) groups is 1. The Hall–Kier alpha value is -2.91. The number of nitrogens with one attached hydrogen (secondary N) is 3. The number of carbonyl (C=O) groups excluding carboxylic acids is 1. The fourth-order valence-electron chi connectivity index (χ4n) is 2.79. The molecule has 0 unspecified atom stereocenters. The van der Waals surface area contributed by atoms with Gasteiger partial charge in [-0.05, 0) is 39.9 Å². The first kappa shape index (κ1) is 19.8. The maximum atomic E-state index is 12.8. The molecule has 0 atom stereocenters. The van der Waals surface area contributed by atoms with E-state index >= 15 is 0 Å². The summed E-state index contributed by atoms with van der Waals surface area (Å²) in [7, 11) is 3.95. The Morgan fingerprint density at radius 2 is 2.21 bits per heavy atom. The maximum absolute atomic E-state index is 12.8. The van der Waals surface area contributed by atoms with Gasteiger partial charge in [0.25, 0.3) is 5.91 Å². The second-order valence-corrected chi connectivity index (χ2v) is 6.58. The number of H-pyrrole nitrogens is 1. The van der Waals surface area contributed by atoms with Gasteiger partial charge in [0, 0.05) is 18.3 Å². The molecule has 1 aliphatic carbocycles. The molecule has 0 radical (unpaired) electrons. The van der Waals surface area contributed by atoms with Crippen molar-refractivity contribution in [2.45, 2.75) is 19.8 Å². The molecule has 0 spiro atoms. The van der Waals surface area contributed by atoms with Gasteiger partial charge in [-0.3, -0.25) is 20.2 Å². The number of aryl methyl sites for hydroxylation is 1. The first-order valence-electron chi connectivity index (χ1n) is 9.30. The van der Waals surface area contributed by atoms with E-state index in [2.05, 4.69) is 26.0 Å². The fourth-order valence-corrected chi connectivity index (χ4v) is 2.79. The van der Waals surface area contributed by atoms with Crippen LogP contribution in [0.1, 0.15) is 35.1 Å². The molecule has 9 nitrogen and oxygen atoms in total. The van der Waals surface area contributed by atoms with Gasteiger partial charge in [0.05, 0.1) is 17.9 Å². The third-order valence-corrected chi connectivity index (χ3v) is 4.15. The normalized spacial score (nSPS) is 13.1. The van der Waals surface area contributed by atoms with Crippen LogP contribution in [0, 0.1) is 0 Å². The molecule has 0 fully saturated rings. The van der Waals surface area contributed by atoms with E-state index in [9.17, 15) is 4.79 Å². The molecule has 3 N–H and O–H groups in total. The monoisotopic (exact) mass is 386 g/mol. The van der Waals surface area contributed by atoms with Crippen molar-refractivity contribution in [3.63, 3.8) is 0 Å². The van der Waals surface area contributed by atoms with Gasteiger partial charge >= 0.3 is 0 Å². The van der Waals surface area contributed by atoms with Gasteiger partial charge in [-0.15, -0.1) is 0 Å². The van der Waals surface area contributed by atoms with Crippen LogP contribution in [-0.4, -0.2) is 59.8 Å². The summed E-state index contributed by atoms with van der Waals surface area (Å²) < 4.78 is 5.62. The summed E-state index contributed by atoms with van der Waals surface area (Å²) in [6.07, 6.45) is 3.64. The third kappa shape index (κ3) is 4.87. The molecule has 0 saturated carbocycles. The molecular weight excluding hydrogens is 360 g/mol. The van der Waals surface area contributed by atoms with Gasteiger partial charge in [0.15, 0.2) is 5.69 Å². The van der Waals surface area contributed by atoms with E-state index in [4.69, 9.17) is 9.57 Å². The van der Waals surface area contributed by atoms with Crippen molar-refractivity contribution in [3.8, 4) is 5.88 Å². The highest BCUT2D eigenvalue weighted by Gasteiger charge is 2.25. The number of hydrogen-bond acceptors (Lipinski definition) is 7. The van der Waals surface area contributed by atoms with E-state index in [0.29, 0.717) is 30.6 Å². The van der Waals surface area contributed by atoms with Crippen LogP contribution in [0.2, 0.25) is 0 Å². The highest BCUT2D eigenvalue weighted by molar-refractivity contribution is 6.05. The maximum Gasteiger partial charge on any atom is 0.278 e. The molecule has 0 aromatic carbocycles. The van der Waals surface area contributed by atoms with E-state index in [1.54, 1.807) is 18.2 Å². The molecule has 9 heteroatoms. The number of pyridine rings is 1. The lowest BCUT2D eigenvalue weighted by molar-refractivity contribution is 0.0894. The highest BCUT2D eigenvalue weighted by atomic mass is 16.6. The van der Waals surface area contributed by atoms with Crippen LogP contribution in [0.3, 0.4) is 0 Å². The Morgan fingerprint density at radius 3 is 3.00 bits per heavy atom. The molecule has 2 aromatic rings. The molecule has 3 rings (SSSR count). The Bertz CT molecular complexity index is 846. The number of hydroxylamine groups is 1. The molecule has 0 bridgehead atoms. The van der Waals surface area contributed by atoms with Crippen LogP contribution < -0.4 is 15.5 Å². The lowest BCUT2D eigenvalue weighted by atomic mass is 9.99. The number of hydrogen-bond donors (Lipinski definition) is 3. The van der Waals surface area contributed by atoms with Crippen LogP contribution in [0.4, 0.5) is 5.82 Å². The minimum atomic E-state index is -0.346. The van der Waals surface area contributed by atoms with Gasteiger partial charge < -0.3 is 15.0 Å². The van der Waals surface area contributed by atoms with Crippen LogP contribution in [0.5, 0.6) is 5.88 Å². The Labute approximate surface area is 164 Å². The van der Waals surface area contributed by atoms with Crippen LogP contribution >= 0.6 is 0 Å². The number of aromatic amines is 1. The van der Waals surface area contributed by atoms with E-state index < -0.39 is 0 Å². The van der Waals surface area contributed by atoms with Gasteiger partial charge in [0.1, 0.15) is 12.4 Å². The SMILES string of the molecule is CCONC1=CCCc2[nH]nc(C(=O)Nc3cccc(OCCN(C)C)n3)c21. The number of amides is 1. The number of allylic oxidation sites excluding steroid dienone is 1. The van der Waals surface area contributed by atoms with E-state index in [1.165, 1.54) is 0 Å². The highest BCUT2D eigenvalue weighted by Crippen LogP contribution is 2.26. The number of fused-ring (bicyclic) bond motifs is 1. The number of ether oxygens (including phenoxy) is 1. The van der Waals surface area contributed by atoms with Crippen LogP contribution in [0.15, 0.2) is 24.3 Å². The topological polar surface area (TPSA) is 104 Å². The van der Waals surface area contributed by atoms with Crippen LogP contribution in [-0.2, 0) is 11.3 Å². The summed E-state index contributed by atoms with van der Waals surface area (Å²) in [4.78, 5) is 24.5. The molecule has 2 aromatic heterocycles. The molecule has 150 valence electrons. The summed E-state index contributed by atoms with van der Waals surface area (Å²) in [6, 6.07) is 5.26. The van der Waals surface area contributed by atoms with Crippen molar-refractivity contribution in [2.75, 3.05) is 39.2 Å². The smallest absolute Gasteiger partial charge is 0.278 e. The van der Waals surface area contributed by atoms with Crippen molar-refractivity contribution in [2.24, 2.45) is 0 Å². The first-order chi connectivity index (χ1) is 13.6. The minimum absolute atomic E-state index is 0.300. The molecule has 1 amide bonds. The number of anilines is 1. The Balaban J connectivity index is 1.71. The number of nitrogens with zero attached hydrogens (tertiary/aromatic N) is 3. The Morgan fingerprint density at radius 1 is 1.36 bits per heavy atom. The van der Waals surface area contributed by atoms with E-state index in [1.807, 2.05) is 32.0 Å². The minimum Gasteiger partial charge on any atom is -0.476 e. The van der Waals surface area contributed by atoms with Crippen molar-refractivity contribution in [3.05, 3.63) is 41.2 Å². The average Bonchev–Trinajstić information content (AvgIpc) is 3.11. The van der Waals surface area contributed by atoms with Crippen molar-refractivity contribution < 1.29 is 14.4 Å². The molecule has 1 aliphatic rings. The van der Waals surface area contributed by atoms with Gasteiger partial charge in [0.2, 0.25) is 5.88 Å². The summed E-state index contributed by atoms with van der Waals surface area (Å²) in [5.74, 6) is 0.520. The first-order valence-corrected chi connectivity index (χ1v) is 9.30. The zero-order chi connectivity index (χ0) is 19.9. The quantitative estimate of drug-likeness (QED) is 0.565. The van der Waals surface area contributed by atoms with Gasteiger partial charge in [-0.25, -0.2) is 0 Å². The number of rotatable bonds is 9. The van der Waals surface area contributed by atoms with Crippen LogP contribution in [0.25, 0.3) is 5.70 Å². The third-order valence-electron chi connectivity index (χ3n) is 4.15. The number of likely N-dealkylation sites (N-methyl/N-ethyl adjacent to an activating group) is 1. The second-order valence-electron chi connectivity index (χ2n) is 6.58. The zero-order valence-corrected chi connectivity index (χ0v) is 16.4. The van der Waals surface area contributed by atoms with Crippen molar-refractivity contribution in [1.29, 1.82) is 0 Å². The Kier molecular flexibility index (Phi) is 6.62. The predicted molar refractivity (Wildman–Crippen MR) is 106 cm³/mol. The lowest BCUT2D eigenvalue weighted by Crippen LogP contribution is -2.21. The summed E-state index contributed by atoms with van der Waals surface area (Å²) >= 11 is 0. The zero-order valence-electron chi connectivity index (χ0n) is 16.4. The molecule has 28 heavy (non-hydrogen) atoms. The summed E-state index contributed by atoms with van der Waals surface area (Å²) in [5.41, 5.74) is 5.58. The molecular formula is C19H26N6O3. The lowest BCUT2D eigenvalue weighted by Gasteiger charge is -2.16. The van der Waals surface area contributed by atoms with Crippen molar-refractivity contribution in [1.82, 2.24) is 25.6 Å². The van der Waals surface area contributed by atoms with Crippen molar-refractivity contribution >= 4 is 17.4 Å². The molecule has 0 saturated heterocycles. The number of aromatic nitrogens is 3. The fraction of sp³-hybridized carbons (Fsp3) is 0.421. The predicted octanol–water partition coefficient (Wildman–Crippen LogP) is 1.83. The van der Waals surface area contributed by atoms with Gasteiger partial charge in [-0.1, -0.05) is 12.1 Å². The average molecular weight is 386 g/mol. The van der Waals surface area contributed by atoms with E-state index in [0.717, 1.165) is 36.3 Å². The molecule has 2 heterocycles.